The van der Waals surface area contributed by atoms with Crippen LogP contribution in [-0.4, -0.2) is 18.4 Å². The molecule has 0 aromatic heterocycles. The number of hydrogen-bond donors (Lipinski definition) is 1. The average molecular weight is 239 g/mol. The highest BCUT2D eigenvalue weighted by Gasteiger charge is 2.07. The van der Waals surface area contributed by atoms with Crippen LogP contribution in [0.15, 0.2) is 12.1 Å². The predicted octanol–water partition coefficient (Wildman–Crippen LogP) is 2.31. The second-order valence-electron chi connectivity index (χ2n) is 3.56. The molecule has 0 amide bonds. The van der Waals surface area contributed by atoms with Crippen LogP contribution in [0.3, 0.4) is 0 Å². The van der Waals surface area contributed by atoms with Gasteiger partial charge < -0.3 is 15.2 Å². The molecule has 1 aromatic carbocycles. The fourth-order valence-corrected chi connectivity index (χ4v) is 1.62. The molecule has 0 spiro atoms. The van der Waals surface area contributed by atoms with Crippen molar-refractivity contribution in [2.45, 2.75) is 20.8 Å². The Bertz CT molecular complexity index is 368. The quantitative estimate of drug-likeness (QED) is 0.486. The number of thiocarbonyl (C=S) groups is 1. The van der Waals surface area contributed by atoms with Crippen molar-refractivity contribution in [2.24, 2.45) is 5.73 Å². The van der Waals surface area contributed by atoms with Gasteiger partial charge in [0.05, 0.1) is 0 Å². The molecule has 0 saturated heterocycles. The van der Waals surface area contributed by atoms with Crippen molar-refractivity contribution >= 4 is 17.2 Å². The standard InChI is InChI=1S/C12H17NO2S/c1-4-14-7-15-11-8(2)5-10(12(13)16)6-9(11)3/h5-6H,4,7H2,1-3H3,(H2,13,16). The Balaban J connectivity index is 2.89. The molecule has 1 aromatic rings. The van der Waals surface area contributed by atoms with Crippen LogP contribution in [-0.2, 0) is 4.74 Å². The van der Waals surface area contributed by atoms with Crippen LogP contribution in [0.25, 0.3) is 0 Å². The molecule has 88 valence electrons. The van der Waals surface area contributed by atoms with E-state index in [-0.39, 0.29) is 6.79 Å². The highest BCUT2D eigenvalue weighted by Crippen LogP contribution is 2.24. The van der Waals surface area contributed by atoms with Gasteiger partial charge in [-0.05, 0) is 44.0 Å². The number of ether oxygens (including phenoxy) is 2. The molecule has 0 aliphatic rings. The summed E-state index contributed by atoms with van der Waals surface area (Å²) in [6.07, 6.45) is 0. The van der Waals surface area contributed by atoms with Crippen molar-refractivity contribution in [3.63, 3.8) is 0 Å². The number of rotatable bonds is 5. The molecule has 0 fully saturated rings. The first kappa shape index (κ1) is 12.9. The summed E-state index contributed by atoms with van der Waals surface area (Å²) in [4.78, 5) is 0.405. The second-order valence-corrected chi connectivity index (χ2v) is 4.00. The minimum atomic E-state index is 0.268. The Morgan fingerprint density at radius 2 is 1.88 bits per heavy atom. The van der Waals surface area contributed by atoms with Gasteiger partial charge in [-0.1, -0.05) is 12.2 Å². The summed E-state index contributed by atoms with van der Waals surface area (Å²) < 4.78 is 10.7. The first-order chi connectivity index (χ1) is 7.56. The van der Waals surface area contributed by atoms with Gasteiger partial charge in [-0.15, -0.1) is 0 Å². The van der Waals surface area contributed by atoms with Gasteiger partial charge in [0.25, 0.3) is 0 Å². The Hall–Kier alpha value is -1.13. The third-order valence-electron chi connectivity index (χ3n) is 2.24. The number of benzene rings is 1. The monoisotopic (exact) mass is 239 g/mol. The van der Waals surface area contributed by atoms with Crippen LogP contribution in [0.1, 0.15) is 23.6 Å². The van der Waals surface area contributed by atoms with Gasteiger partial charge in [0, 0.05) is 12.2 Å². The zero-order valence-electron chi connectivity index (χ0n) is 9.87. The maximum absolute atomic E-state index is 5.59. The molecule has 0 atom stereocenters. The second kappa shape index (κ2) is 5.82. The van der Waals surface area contributed by atoms with Crippen molar-refractivity contribution in [3.05, 3.63) is 28.8 Å². The van der Waals surface area contributed by atoms with E-state index >= 15 is 0 Å². The maximum atomic E-state index is 5.59. The smallest absolute Gasteiger partial charge is 0.189 e. The van der Waals surface area contributed by atoms with Gasteiger partial charge in [-0.25, -0.2) is 0 Å². The number of aryl methyl sites for hydroxylation is 2. The molecule has 16 heavy (non-hydrogen) atoms. The van der Waals surface area contributed by atoms with E-state index in [0.717, 1.165) is 22.4 Å². The molecule has 0 radical (unpaired) electrons. The molecule has 4 heteroatoms. The van der Waals surface area contributed by atoms with E-state index in [9.17, 15) is 0 Å². The fourth-order valence-electron chi connectivity index (χ4n) is 1.50. The minimum absolute atomic E-state index is 0.268. The van der Waals surface area contributed by atoms with E-state index in [1.807, 2.05) is 32.9 Å². The van der Waals surface area contributed by atoms with Gasteiger partial charge in [0.2, 0.25) is 0 Å². The Morgan fingerprint density at radius 3 is 2.31 bits per heavy atom. The Kier molecular flexibility index (Phi) is 4.71. The van der Waals surface area contributed by atoms with E-state index in [4.69, 9.17) is 27.4 Å². The SMILES string of the molecule is CCOCOc1c(C)cc(C(N)=S)cc1C. The van der Waals surface area contributed by atoms with Crippen molar-refractivity contribution in [1.29, 1.82) is 0 Å². The van der Waals surface area contributed by atoms with Crippen molar-refractivity contribution in [1.82, 2.24) is 0 Å². The lowest BCUT2D eigenvalue weighted by Gasteiger charge is -2.13. The molecule has 0 bridgehead atoms. The lowest BCUT2D eigenvalue weighted by atomic mass is 10.1. The van der Waals surface area contributed by atoms with Crippen molar-refractivity contribution in [2.75, 3.05) is 13.4 Å². The predicted molar refractivity (Wildman–Crippen MR) is 68.9 cm³/mol. The van der Waals surface area contributed by atoms with E-state index in [1.165, 1.54) is 0 Å². The van der Waals surface area contributed by atoms with Crippen molar-refractivity contribution < 1.29 is 9.47 Å². The van der Waals surface area contributed by atoms with Crippen LogP contribution < -0.4 is 10.5 Å². The van der Waals surface area contributed by atoms with E-state index in [1.54, 1.807) is 0 Å². The zero-order chi connectivity index (χ0) is 12.1. The third-order valence-corrected chi connectivity index (χ3v) is 2.47. The van der Waals surface area contributed by atoms with Gasteiger partial charge in [0.15, 0.2) is 6.79 Å². The summed E-state index contributed by atoms with van der Waals surface area (Å²) in [6.45, 7) is 6.78. The first-order valence-corrected chi connectivity index (χ1v) is 5.58. The summed E-state index contributed by atoms with van der Waals surface area (Å²) in [5.74, 6) is 0.841. The van der Waals surface area contributed by atoms with Crippen LogP contribution in [0.5, 0.6) is 5.75 Å². The number of nitrogens with two attached hydrogens (primary N) is 1. The summed E-state index contributed by atoms with van der Waals surface area (Å²) in [7, 11) is 0. The first-order valence-electron chi connectivity index (χ1n) is 5.17. The van der Waals surface area contributed by atoms with Gasteiger partial charge >= 0.3 is 0 Å². The summed E-state index contributed by atoms with van der Waals surface area (Å²) in [6, 6.07) is 3.85. The van der Waals surface area contributed by atoms with Gasteiger partial charge in [-0.3, -0.25) is 0 Å². The lowest BCUT2D eigenvalue weighted by Crippen LogP contribution is -2.11. The number of hydrogen-bond acceptors (Lipinski definition) is 3. The molecule has 3 nitrogen and oxygen atoms in total. The highest BCUT2D eigenvalue weighted by molar-refractivity contribution is 7.80. The molecule has 0 aliphatic heterocycles. The summed E-state index contributed by atoms with van der Waals surface area (Å²) >= 11 is 4.94. The third kappa shape index (κ3) is 3.18. The minimum Gasteiger partial charge on any atom is -0.467 e. The van der Waals surface area contributed by atoms with Gasteiger partial charge in [0.1, 0.15) is 10.7 Å². The topological polar surface area (TPSA) is 44.5 Å². The lowest BCUT2D eigenvalue weighted by molar-refractivity contribution is 0.0216. The van der Waals surface area contributed by atoms with Crippen LogP contribution in [0.4, 0.5) is 0 Å². The highest BCUT2D eigenvalue weighted by atomic mass is 32.1. The largest absolute Gasteiger partial charge is 0.467 e. The molecular formula is C12H17NO2S. The zero-order valence-corrected chi connectivity index (χ0v) is 10.7. The Labute approximate surface area is 102 Å². The molecule has 1 rings (SSSR count). The van der Waals surface area contributed by atoms with E-state index < -0.39 is 0 Å². The normalized spacial score (nSPS) is 10.2. The molecular weight excluding hydrogens is 222 g/mol. The van der Waals surface area contributed by atoms with Crippen LogP contribution >= 0.6 is 12.2 Å². The Morgan fingerprint density at radius 1 is 1.31 bits per heavy atom. The molecule has 0 heterocycles. The maximum Gasteiger partial charge on any atom is 0.189 e. The molecule has 0 unspecified atom stereocenters. The fraction of sp³-hybridized carbons (Fsp3) is 0.417. The molecule has 0 aliphatic carbocycles. The van der Waals surface area contributed by atoms with Crippen molar-refractivity contribution in [3.8, 4) is 5.75 Å². The van der Waals surface area contributed by atoms with E-state index in [2.05, 4.69) is 0 Å². The van der Waals surface area contributed by atoms with E-state index in [0.29, 0.717) is 11.6 Å². The van der Waals surface area contributed by atoms with Crippen LogP contribution in [0, 0.1) is 13.8 Å². The van der Waals surface area contributed by atoms with Gasteiger partial charge in [-0.2, -0.15) is 0 Å². The van der Waals surface area contributed by atoms with Crippen LogP contribution in [0.2, 0.25) is 0 Å². The average Bonchev–Trinajstić information content (AvgIpc) is 2.21. The summed E-state index contributed by atoms with van der Waals surface area (Å²) in [5, 5.41) is 0. The molecule has 0 saturated carbocycles. The molecule has 2 N–H and O–H groups in total. The summed E-state index contributed by atoms with van der Waals surface area (Å²) in [5.41, 5.74) is 8.49.